The molecule has 8 heteroatoms. The van der Waals surface area contributed by atoms with E-state index in [1.807, 2.05) is 0 Å². The first-order valence-electron chi connectivity index (χ1n) is 7.58. The highest BCUT2D eigenvalue weighted by Gasteiger charge is 2.30. The van der Waals surface area contributed by atoms with Crippen molar-refractivity contribution in [3.63, 3.8) is 0 Å². The molecule has 1 aromatic heterocycles. The summed E-state index contributed by atoms with van der Waals surface area (Å²) in [5.41, 5.74) is 0. The van der Waals surface area contributed by atoms with Crippen molar-refractivity contribution in [3.05, 3.63) is 5.82 Å². The monoisotopic (exact) mass is 330 g/mol. The fourth-order valence-electron chi connectivity index (χ4n) is 2.81. The number of hydrogen-bond donors (Lipinski definition) is 1. The lowest BCUT2D eigenvalue weighted by molar-refractivity contribution is 0.436. The average Bonchev–Trinajstić information content (AvgIpc) is 3.16. The van der Waals surface area contributed by atoms with Crippen molar-refractivity contribution < 1.29 is 8.42 Å². The standard InChI is InChI=1S/C13H22N4O2S2/c1-21(18,19)14-8-7-11-4-2-3-9-17(11)13-15-12(16-20-13)10-5-6-10/h10-11,14H,2-9H2,1H3. The highest BCUT2D eigenvalue weighted by Crippen LogP contribution is 2.40. The van der Waals surface area contributed by atoms with Gasteiger partial charge in [-0.2, -0.15) is 4.37 Å². The van der Waals surface area contributed by atoms with E-state index in [4.69, 9.17) is 4.98 Å². The lowest BCUT2D eigenvalue weighted by Crippen LogP contribution is -2.41. The van der Waals surface area contributed by atoms with Gasteiger partial charge in [0.05, 0.1) is 6.26 Å². The molecule has 6 nitrogen and oxygen atoms in total. The first kappa shape index (κ1) is 15.2. The molecule has 118 valence electrons. The van der Waals surface area contributed by atoms with Crippen molar-refractivity contribution in [1.82, 2.24) is 14.1 Å². The van der Waals surface area contributed by atoms with E-state index in [0.29, 0.717) is 18.5 Å². The van der Waals surface area contributed by atoms with Gasteiger partial charge in [-0.25, -0.2) is 18.1 Å². The van der Waals surface area contributed by atoms with E-state index in [9.17, 15) is 8.42 Å². The van der Waals surface area contributed by atoms with Gasteiger partial charge in [0, 0.05) is 36.6 Å². The van der Waals surface area contributed by atoms with Gasteiger partial charge in [-0.3, -0.25) is 0 Å². The Hall–Kier alpha value is -0.730. The fraction of sp³-hybridized carbons (Fsp3) is 0.846. The highest BCUT2D eigenvalue weighted by atomic mass is 32.2. The Morgan fingerprint density at radius 1 is 1.33 bits per heavy atom. The van der Waals surface area contributed by atoms with Crippen molar-refractivity contribution in [2.24, 2.45) is 0 Å². The summed E-state index contributed by atoms with van der Waals surface area (Å²) in [6, 6.07) is 0.369. The lowest BCUT2D eigenvalue weighted by Gasteiger charge is -2.35. The topological polar surface area (TPSA) is 75.2 Å². The summed E-state index contributed by atoms with van der Waals surface area (Å²) < 4.78 is 29.4. The van der Waals surface area contributed by atoms with Crippen LogP contribution in [0, 0.1) is 0 Å². The van der Waals surface area contributed by atoms with Gasteiger partial charge in [-0.05, 0) is 38.5 Å². The van der Waals surface area contributed by atoms with Gasteiger partial charge in [-0.1, -0.05) is 0 Å². The molecule has 1 N–H and O–H groups in total. The molecule has 21 heavy (non-hydrogen) atoms. The van der Waals surface area contributed by atoms with Gasteiger partial charge in [0.25, 0.3) is 0 Å². The van der Waals surface area contributed by atoms with Crippen LogP contribution in [0.1, 0.15) is 50.3 Å². The molecule has 1 aliphatic heterocycles. The molecule has 1 saturated carbocycles. The maximum absolute atomic E-state index is 11.2. The largest absolute Gasteiger partial charge is 0.344 e. The Kier molecular flexibility index (Phi) is 4.46. The Labute approximate surface area is 130 Å². The number of piperidine rings is 1. The number of hydrogen-bond acceptors (Lipinski definition) is 6. The van der Waals surface area contributed by atoms with E-state index in [1.54, 1.807) is 0 Å². The first-order valence-corrected chi connectivity index (χ1v) is 10.2. The predicted molar refractivity (Wildman–Crippen MR) is 84.3 cm³/mol. The Balaban J connectivity index is 1.62. The van der Waals surface area contributed by atoms with Crippen molar-refractivity contribution in [2.45, 2.75) is 50.5 Å². The lowest BCUT2D eigenvalue weighted by atomic mass is 10.0. The number of nitrogens with zero attached hydrogens (tertiary/aromatic N) is 3. The third-order valence-electron chi connectivity index (χ3n) is 4.09. The summed E-state index contributed by atoms with van der Waals surface area (Å²) in [6.07, 6.45) is 7.95. The Morgan fingerprint density at radius 2 is 2.14 bits per heavy atom. The first-order chi connectivity index (χ1) is 10.0. The van der Waals surface area contributed by atoms with Crippen molar-refractivity contribution in [3.8, 4) is 0 Å². The summed E-state index contributed by atoms with van der Waals surface area (Å²) in [6.45, 7) is 1.50. The molecular formula is C13H22N4O2S2. The zero-order valence-corrected chi connectivity index (χ0v) is 13.9. The van der Waals surface area contributed by atoms with Crippen LogP contribution in [-0.2, 0) is 10.0 Å². The smallest absolute Gasteiger partial charge is 0.208 e. The maximum atomic E-state index is 11.2. The van der Waals surface area contributed by atoms with Crippen LogP contribution in [0.4, 0.5) is 5.13 Å². The van der Waals surface area contributed by atoms with Crippen molar-refractivity contribution in [1.29, 1.82) is 0 Å². The molecule has 1 aliphatic carbocycles. The molecule has 0 amide bonds. The van der Waals surface area contributed by atoms with Crippen LogP contribution in [0.15, 0.2) is 0 Å². The molecule has 1 atom stereocenters. The molecule has 2 aliphatic rings. The zero-order chi connectivity index (χ0) is 14.9. The predicted octanol–water partition coefficient (Wildman–Crippen LogP) is 1.71. The zero-order valence-electron chi connectivity index (χ0n) is 12.3. The normalized spacial score (nSPS) is 23.5. The Bertz CT molecular complexity index is 583. The molecule has 1 saturated heterocycles. The third kappa shape index (κ3) is 4.14. The summed E-state index contributed by atoms with van der Waals surface area (Å²) in [4.78, 5) is 7.03. The second-order valence-corrected chi connectivity index (χ2v) is 8.57. The van der Waals surface area contributed by atoms with Gasteiger partial charge < -0.3 is 4.90 Å². The van der Waals surface area contributed by atoms with Gasteiger partial charge in [-0.15, -0.1) is 0 Å². The van der Waals surface area contributed by atoms with E-state index < -0.39 is 10.0 Å². The second-order valence-electron chi connectivity index (χ2n) is 6.01. The van der Waals surface area contributed by atoms with Crippen molar-refractivity contribution in [2.75, 3.05) is 24.2 Å². The van der Waals surface area contributed by atoms with Crippen LogP contribution >= 0.6 is 11.5 Å². The average molecular weight is 330 g/mol. The van der Waals surface area contributed by atoms with Crippen LogP contribution in [0.2, 0.25) is 0 Å². The molecule has 1 aromatic rings. The summed E-state index contributed by atoms with van der Waals surface area (Å²) in [5, 5.41) is 1.01. The maximum Gasteiger partial charge on any atom is 0.208 e. The van der Waals surface area contributed by atoms with Gasteiger partial charge >= 0.3 is 0 Å². The molecule has 2 heterocycles. The second kappa shape index (κ2) is 6.18. The number of rotatable bonds is 6. The molecule has 2 fully saturated rings. The van der Waals surface area contributed by atoms with Gasteiger partial charge in [0.15, 0.2) is 0 Å². The number of aromatic nitrogens is 2. The molecule has 0 bridgehead atoms. The Morgan fingerprint density at radius 3 is 2.86 bits per heavy atom. The summed E-state index contributed by atoms with van der Waals surface area (Å²) in [5.74, 6) is 1.60. The molecule has 0 spiro atoms. The number of nitrogens with one attached hydrogen (secondary N) is 1. The van der Waals surface area contributed by atoms with Crippen LogP contribution in [0.3, 0.4) is 0 Å². The minimum absolute atomic E-state index is 0.369. The molecule has 1 unspecified atom stereocenters. The van der Waals surface area contributed by atoms with Crippen LogP contribution in [-0.4, -0.2) is 43.2 Å². The quantitative estimate of drug-likeness (QED) is 0.859. The van der Waals surface area contributed by atoms with Crippen molar-refractivity contribution >= 4 is 26.7 Å². The van der Waals surface area contributed by atoms with E-state index in [1.165, 1.54) is 43.5 Å². The fourth-order valence-corrected chi connectivity index (χ4v) is 4.15. The third-order valence-corrected chi connectivity index (χ3v) is 5.58. The van der Waals surface area contributed by atoms with E-state index in [-0.39, 0.29) is 0 Å². The molecule has 0 radical (unpaired) electrons. The molecule has 3 rings (SSSR count). The molecule has 0 aromatic carbocycles. The minimum atomic E-state index is -3.10. The van der Waals surface area contributed by atoms with E-state index in [0.717, 1.165) is 30.3 Å². The van der Waals surface area contributed by atoms with E-state index >= 15 is 0 Å². The number of anilines is 1. The SMILES string of the molecule is CS(=O)(=O)NCCC1CCCCN1c1nc(C2CC2)ns1. The van der Waals surface area contributed by atoms with Crippen LogP contribution in [0.25, 0.3) is 0 Å². The molecular weight excluding hydrogens is 308 g/mol. The highest BCUT2D eigenvalue weighted by molar-refractivity contribution is 7.88. The number of sulfonamides is 1. The summed E-state index contributed by atoms with van der Waals surface area (Å²) in [7, 11) is -3.10. The van der Waals surface area contributed by atoms with Crippen LogP contribution in [0.5, 0.6) is 0 Å². The van der Waals surface area contributed by atoms with E-state index in [2.05, 4.69) is 14.0 Å². The summed E-state index contributed by atoms with van der Waals surface area (Å²) >= 11 is 1.49. The minimum Gasteiger partial charge on any atom is -0.344 e. The van der Waals surface area contributed by atoms with Crippen LogP contribution < -0.4 is 9.62 Å². The van der Waals surface area contributed by atoms with Gasteiger partial charge in [0.1, 0.15) is 5.82 Å². The van der Waals surface area contributed by atoms with Gasteiger partial charge in [0.2, 0.25) is 15.2 Å².